The second kappa shape index (κ2) is 6.94. The van der Waals surface area contributed by atoms with Gasteiger partial charge in [0.1, 0.15) is 17.4 Å². The summed E-state index contributed by atoms with van der Waals surface area (Å²) in [5.41, 5.74) is 2.11. The second-order valence-corrected chi connectivity index (χ2v) is 5.58. The second-order valence-electron chi connectivity index (χ2n) is 5.58. The fraction of sp³-hybridized carbons (Fsp3) is 0.429. The van der Waals surface area contributed by atoms with Crippen molar-refractivity contribution in [2.75, 3.05) is 0 Å². The van der Waals surface area contributed by atoms with Crippen LogP contribution in [0.15, 0.2) is 24.3 Å². The van der Waals surface area contributed by atoms with Gasteiger partial charge in [0.05, 0.1) is 0 Å². The molecule has 0 heterocycles. The number of aromatic hydroxyl groups is 1. The van der Waals surface area contributed by atoms with Crippen LogP contribution in [-0.4, -0.2) is 28.7 Å². The van der Waals surface area contributed by atoms with Crippen LogP contribution in [0.5, 0.6) is 5.75 Å². The van der Waals surface area contributed by atoms with Crippen molar-refractivity contribution in [1.82, 2.24) is 10.7 Å². The fourth-order valence-corrected chi connectivity index (χ4v) is 1.63. The first-order valence-corrected chi connectivity index (χ1v) is 6.49. The van der Waals surface area contributed by atoms with Crippen molar-refractivity contribution in [3.63, 3.8) is 0 Å². The largest absolute Gasteiger partial charge is 0.508 e. The smallest absolute Gasteiger partial charge is 0.408 e. The van der Waals surface area contributed by atoms with Gasteiger partial charge in [-0.25, -0.2) is 10.6 Å². The van der Waals surface area contributed by atoms with E-state index in [1.165, 1.54) is 12.1 Å². The van der Waals surface area contributed by atoms with E-state index in [4.69, 9.17) is 10.6 Å². The molecular formula is C14H21N3O4. The number of phenols is 1. The maximum Gasteiger partial charge on any atom is 0.408 e. The summed E-state index contributed by atoms with van der Waals surface area (Å²) < 4.78 is 5.11. The number of carbonyl (C=O) groups excluding carboxylic acids is 2. The van der Waals surface area contributed by atoms with E-state index in [0.29, 0.717) is 0 Å². The highest BCUT2D eigenvalue weighted by Crippen LogP contribution is 2.12. The van der Waals surface area contributed by atoms with Crippen LogP contribution in [0.1, 0.15) is 26.3 Å². The SMILES string of the molecule is CC(C)(C)OC(=O)NC(Cc1ccc(O)cc1)C(=O)NN. The molecule has 0 spiro atoms. The van der Waals surface area contributed by atoms with Gasteiger partial charge in [0.15, 0.2) is 0 Å². The van der Waals surface area contributed by atoms with Crippen LogP contribution in [-0.2, 0) is 16.0 Å². The van der Waals surface area contributed by atoms with E-state index in [1.807, 2.05) is 5.43 Å². The van der Waals surface area contributed by atoms with Crippen LogP contribution < -0.4 is 16.6 Å². The van der Waals surface area contributed by atoms with E-state index in [1.54, 1.807) is 32.9 Å². The van der Waals surface area contributed by atoms with E-state index in [2.05, 4.69) is 5.32 Å². The van der Waals surface area contributed by atoms with E-state index in [9.17, 15) is 14.7 Å². The van der Waals surface area contributed by atoms with Gasteiger partial charge in [-0.15, -0.1) is 0 Å². The Morgan fingerprint density at radius 2 is 1.86 bits per heavy atom. The third kappa shape index (κ3) is 6.13. The van der Waals surface area contributed by atoms with Gasteiger partial charge in [-0.1, -0.05) is 12.1 Å². The molecule has 1 unspecified atom stereocenters. The third-order valence-corrected chi connectivity index (χ3v) is 2.53. The molecule has 0 aliphatic carbocycles. The van der Waals surface area contributed by atoms with Gasteiger partial charge >= 0.3 is 6.09 Å². The van der Waals surface area contributed by atoms with Gasteiger partial charge in [0.25, 0.3) is 5.91 Å². The number of rotatable bonds is 4. The number of benzene rings is 1. The summed E-state index contributed by atoms with van der Waals surface area (Å²) in [5.74, 6) is 4.71. The minimum Gasteiger partial charge on any atom is -0.508 e. The molecule has 0 aromatic heterocycles. The topological polar surface area (TPSA) is 114 Å². The Bertz CT molecular complexity index is 494. The summed E-state index contributed by atoms with van der Waals surface area (Å²) in [7, 11) is 0. The zero-order chi connectivity index (χ0) is 16.0. The van der Waals surface area contributed by atoms with Crippen molar-refractivity contribution in [1.29, 1.82) is 0 Å². The monoisotopic (exact) mass is 295 g/mol. The average molecular weight is 295 g/mol. The number of hydrogen-bond acceptors (Lipinski definition) is 5. The van der Waals surface area contributed by atoms with Crippen LogP contribution in [0.2, 0.25) is 0 Å². The van der Waals surface area contributed by atoms with Crippen molar-refractivity contribution in [2.24, 2.45) is 5.84 Å². The van der Waals surface area contributed by atoms with Crippen molar-refractivity contribution in [3.8, 4) is 5.75 Å². The number of alkyl carbamates (subject to hydrolysis) is 1. The first-order valence-electron chi connectivity index (χ1n) is 6.49. The number of carbonyl (C=O) groups is 2. The molecular weight excluding hydrogens is 274 g/mol. The molecule has 1 aromatic rings. The van der Waals surface area contributed by atoms with Gasteiger partial charge in [-0.2, -0.15) is 0 Å². The Labute approximate surface area is 123 Å². The van der Waals surface area contributed by atoms with Gasteiger partial charge < -0.3 is 15.2 Å². The summed E-state index contributed by atoms with van der Waals surface area (Å²) in [4.78, 5) is 23.5. The van der Waals surface area contributed by atoms with Gasteiger partial charge in [-0.05, 0) is 38.5 Å². The third-order valence-electron chi connectivity index (χ3n) is 2.53. The molecule has 2 amide bonds. The Balaban J connectivity index is 2.74. The summed E-state index contributed by atoms with van der Waals surface area (Å²) in [6.07, 6.45) is -0.474. The van der Waals surface area contributed by atoms with E-state index >= 15 is 0 Å². The van der Waals surface area contributed by atoms with Crippen molar-refractivity contribution in [3.05, 3.63) is 29.8 Å². The van der Waals surface area contributed by atoms with E-state index in [-0.39, 0.29) is 12.2 Å². The van der Waals surface area contributed by atoms with Crippen molar-refractivity contribution < 1.29 is 19.4 Å². The summed E-state index contributed by atoms with van der Waals surface area (Å²) in [6.45, 7) is 5.18. The zero-order valence-corrected chi connectivity index (χ0v) is 12.3. The summed E-state index contributed by atoms with van der Waals surface area (Å²) >= 11 is 0. The van der Waals surface area contributed by atoms with Crippen LogP contribution >= 0.6 is 0 Å². The molecule has 116 valence electrons. The number of ether oxygens (including phenoxy) is 1. The number of nitrogens with two attached hydrogens (primary N) is 1. The maximum absolute atomic E-state index is 11.7. The lowest BCUT2D eigenvalue weighted by molar-refractivity contribution is -0.123. The molecule has 21 heavy (non-hydrogen) atoms. The first-order chi connectivity index (χ1) is 9.71. The average Bonchev–Trinajstić information content (AvgIpc) is 2.37. The number of hydrazine groups is 1. The van der Waals surface area contributed by atoms with E-state index in [0.717, 1.165) is 5.56 Å². The highest BCUT2D eigenvalue weighted by molar-refractivity contribution is 5.85. The van der Waals surface area contributed by atoms with Crippen LogP contribution in [0.25, 0.3) is 0 Å². The molecule has 0 fully saturated rings. The lowest BCUT2D eigenvalue weighted by Gasteiger charge is -2.23. The quantitative estimate of drug-likeness (QED) is 0.373. The molecule has 0 aliphatic heterocycles. The van der Waals surface area contributed by atoms with E-state index < -0.39 is 23.6 Å². The minimum absolute atomic E-state index is 0.124. The molecule has 0 saturated heterocycles. The number of amides is 2. The molecule has 0 aliphatic rings. The lowest BCUT2D eigenvalue weighted by atomic mass is 10.1. The predicted octanol–water partition coefficient (Wildman–Crippen LogP) is 0.818. The predicted molar refractivity (Wildman–Crippen MR) is 77.3 cm³/mol. The zero-order valence-electron chi connectivity index (χ0n) is 12.3. The van der Waals surface area contributed by atoms with Crippen LogP contribution in [0.4, 0.5) is 4.79 Å². The molecule has 1 rings (SSSR count). The maximum atomic E-state index is 11.7. The molecule has 1 aromatic carbocycles. The highest BCUT2D eigenvalue weighted by atomic mass is 16.6. The molecule has 5 N–H and O–H groups in total. The number of phenolic OH excluding ortho intramolecular Hbond substituents is 1. The Kier molecular flexibility index (Phi) is 5.54. The van der Waals surface area contributed by atoms with Gasteiger partial charge in [0.2, 0.25) is 0 Å². The summed E-state index contributed by atoms with van der Waals surface area (Å²) in [6, 6.07) is 5.45. The Hall–Kier alpha value is -2.28. The van der Waals surface area contributed by atoms with Crippen molar-refractivity contribution >= 4 is 12.0 Å². The molecule has 0 saturated carbocycles. The minimum atomic E-state index is -0.866. The molecule has 0 radical (unpaired) electrons. The Morgan fingerprint density at radius 1 is 1.29 bits per heavy atom. The van der Waals surface area contributed by atoms with Crippen LogP contribution in [0.3, 0.4) is 0 Å². The highest BCUT2D eigenvalue weighted by Gasteiger charge is 2.24. The molecule has 0 bridgehead atoms. The van der Waals surface area contributed by atoms with Crippen molar-refractivity contribution in [2.45, 2.75) is 38.8 Å². The first kappa shape index (κ1) is 16.8. The number of hydrogen-bond donors (Lipinski definition) is 4. The normalized spacial score (nSPS) is 12.4. The van der Waals surface area contributed by atoms with Gasteiger partial charge in [-0.3, -0.25) is 10.2 Å². The molecule has 7 nitrogen and oxygen atoms in total. The lowest BCUT2D eigenvalue weighted by Crippen LogP contribution is -2.51. The van der Waals surface area contributed by atoms with Gasteiger partial charge in [0, 0.05) is 6.42 Å². The number of nitrogens with one attached hydrogen (secondary N) is 2. The standard InChI is InChI=1S/C14H21N3O4/c1-14(2,3)21-13(20)16-11(12(19)17-15)8-9-4-6-10(18)7-5-9/h4-7,11,18H,8,15H2,1-3H3,(H,16,20)(H,17,19). The Morgan fingerprint density at radius 3 is 2.33 bits per heavy atom. The summed E-state index contributed by atoms with van der Waals surface area (Å²) in [5, 5.41) is 11.7. The van der Waals surface area contributed by atoms with Crippen LogP contribution in [0, 0.1) is 0 Å². The molecule has 1 atom stereocenters. The molecule has 7 heteroatoms. The fourth-order valence-electron chi connectivity index (χ4n) is 1.63.